The van der Waals surface area contributed by atoms with Crippen LogP contribution in [-0.4, -0.2) is 18.4 Å². The Balaban J connectivity index is 2.21. The minimum atomic E-state index is 0.234. The summed E-state index contributed by atoms with van der Waals surface area (Å²) in [7, 11) is 1.59. The highest BCUT2D eigenvalue weighted by molar-refractivity contribution is 6.32. The third-order valence-electron chi connectivity index (χ3n) is 3.16. The zero-order valence-electron chi connectivity index (χ0n) is 10.4. The lowest BCUT2D eigenvalue weighted by Gasteiger charge is -2.18. The predicted octanol–water partition coefficient (Wildman–Crippen LogP) is 3.15. The number of halogens is 1. The first-order valence-electron chi connectivity index (χ1n) is 6.14. The molecule has 0 heterocycles. The van der Waals surface area contributed by atoms with Crippen molar-refractivity contribution in [2.24, 2.45) is 0 Å². The van der Waals surface area contributed by atoms with Gasteiger partial charge in [0.15, 0.2) is 11.5 Å². The molecule has 0 aromatic heterocycles. The van der Waals surface area contributed by atoms with Crippen LogP contribution < -0.4 is 15.0 Å². The number of benzene rings is 1. The number of ether oxygens (including phenoxy) is 2. The van der Waals surface area contributed by atoms with Crippen molar-refractivity contribution >= 4 is 11.6 Å². The first-order valence-corrected chi connectivity index (χ1v) is 6.52. The zero-order chi connectivity index (χ0) is 13.0. The molecule has 0 bridgehead atoms. The predicted molar refractivity (Wildman–Crippen MR) is 69.5 cm³/mol. The van der Waals surface area contributed by atoms with E-state index < -0.39 is 0 Å². The van der Waals surface area contributed by atoms with E-state index in [1.807, 2.05) is 6.07 Å². The molecular weight excluding hydrogens is 254 g/mol. The van der Waals surface area contributed by atoms with E-state index in [1.54, 1.807) is 13.2 Å². The molecule has 0 radical (unpaired) electrons. The fourth-order valence-corrected chi connectivity index (χ4v) is 2.53. The summed E-state index contributed by atoms with van der Waals surface area (Å²) in [5, 5.41) is 9.23. The molecule has 0 spiro atoms. The second-order valence-corrected chi connectivity index (χ2v) is 4.88. The normalized spacial score (nSPS) is 15.9. The molecule has 2 rings (SSSR count). The molecule has 1 aliphatic carbocycles. The minimum Gasteiger partial charge on any atom is -0.493 e. The van der Waals surface area contributed by atoms with Gasteiger partial charge in [-0.2, -0.15) is 0 Å². The van der Waals surface area contributed by atoms with E-state index in [1.165, 1.54) is 12.8 Å². The Hall–Kier alpha value is -0.970. The summed E-state index contributed by atoms with van der Waals surface area (Å²) in [5.74, 6) is 1.22. The van der Waals surface area contributed by atoms with E-state index in [4.69, 9.17) is 26.3 Å². The Labute approximate surface area is 112 Å². The second kappa shape index (κ2) is 6.27. The Bertz CT molecular complexity index is 405. The van der Waals surface area contributed by atoms with Crippen molar-refractivity contribution in [2.75, 3.05) is 7.11 Å². The van der Waals surface area contributed by atoms with E-state index >= 15 is 0 Å². The van der Waals surface area contributed by atoms with Crippen LogP contribution in [0.5, 0.6) is 11.5 Å². The highest BCUT2D eigenvalue weighted by atomic mass is 35.5. The average molecular weight is 272 g/mol. The van der Waals surface area contributed by atoms with Gasteiger partial charge < -0.3 is 14.7 Å². The number of hydroxylamine groups is 1. The fourth-order valence-electron chi connectivity index (χ4n) is 2.25. The van der Waals surface area contributed by atoms with Gasteiger partial charge >= 0.3 is 0 Å². The van der Waals surface area contributed by atoms with Crippen molar-refractivity contribution < 1.29 is 14.7 Å². The fraction of sp³-hybridized carbons (Fsp3) is 0.538. The van der Waals surface area contributed by atoms with E-state index in [-0.39, 0.29) is 6.10 Å². The van der Waals surface area contributed by atoms with Crippen molar-refractivity contribution in [1.82, 2.24) is 5.48 Å². The van der Waals surface area contributed by atoms with Crippen LogP contribution >= 0.6 is 11.6 Å². The van der Waals surface area contributed by atoms with Gasteiger partial charge in [0, 0.05) is 6.54 Å². The maximum absolute atomic E-state index is 8.71. The second-order valence-electron chi connectivity index (χ2n) is 4.47. The molecular formula is C13H18ClNO3. The first-order chi connectivity index (χ1) is 8.74. The summed E-state index contributed by atoms with van der Waals surface area (Å²) < 4.78 is 11.2. The molecule has 1 fully saturated rings. The summed E-state index contributed by atoms with van der Waals surface area (Å²) in [6.07, 6.45) is 4.78. The van der Waals surface area contributed by atoms with Crippen LogP contribution in [0.1, 0.15) is 31.2 Å². The standard InChI is InChI=1S/C13H18ClNO3/c1-17-12-7-9(8-15-16)6-11(14)13(12)18-10-4-2-3-5-10/h6-7,10,15-16H,2-5,8H2,1H3. The van der Waals surface area contributed by atoms with Gasteiger partial charge in [-0.3, -0.25) is 0 Å². The van der Waals surface area contributed by atoms with Crippen LogP contribution in [0.25, 0.3) is 0 Å². The number of rotatable bonds is 5. The quantitative estimate of drug-likeness (QED) is 0.808. The van der Waals surface area contributed by atoms with Gasteiger partial charge in [-0.15, -0.1) is 0 Å². The van der Waals surface area contributed by atoms with Gasteiger partial charge in [-0.05, 0) is 43.4 Å². The molecule has 2 N–H and O–H groups in total. The summed E-state index contributed by atoms with van der Waals surface area (Å²) >= 11 is 6.21. The average Bonchev–Trinajstić information content (AvgIpc) is 2.85. The van der Waals surface area contributed by atoms with Crippen LogP contribution in [0.4, 0.5) is 0 Å². The van der Waals surface area contributed by atoms with Crippen molar-refractivity contribution in [2.45, 2.75) is 38.3 Å². The Morgan fingerprint density at radius 2 is 2.11 bits per heavy atom. The molecule has 0 saturated heterocycles. The molecule has 1 aromatic carbocycles. The third-order valence-corrected chi connectivity index (χ3v) is 3.44. The lowest BCUT2D eigenvalue weighted by molar-refractivity contribution is 0.161. The van der Waals surface area contributed by atoms with Crippen molar-refractivity contribution in [1.29, 1.82) is 0 Å². The van der Waals surface area contributed by atoms with Gasteiger partial charge in [0.2, 0.25) is 0 Å². The Kier molecular flexibility index (Phi) is 4.69. The van der Waals surface area contributed by atoms with Gasteiger partial charge in [0.25, 0.3) is 0 Å². The molecule has 0 atom stereocenters. The van der Waals surface area contributed by atoms with Gasteiger partial charge in [-0.25, -0.2) is 5.48 Å². The maximum Gasteiger partial charge on any atom is 0.180 e. The molecule has 1 aliphatic rings. The van der Waals surface area contributed by atoms with E-state index in [9.17, 15) is 0 Å². The highest BCUT2D eigenvalue weighted by Gasteiger charge is 2.20. The first kappa shape index (κ1) is 13.5. The summed E-state index contributed by atoms with van der Waals surface area (Å²) in [4.78, 5) is 0. The number of methoxy groups -OCH3 is 1. The largest absolute Gasteiger partial charge is 0.493 e. The monoisotopic (exact) mass is 271 g/mol. The molecule has 100 valence electrons. The molecule has 0 amide bonds. The van der Waals surface area contributed by atoms with Gasteiger partial charge in [-0.1, -0.05) is 11.6 Å². The summed E-state index contributed by atoms with van der Waals surface area (Å²) in [6.45, 7) is 0.319. The van der Waals surface area contributed by atoms with Crippen LogP contribution in [0, 0.1) is 0 Å². The molecule has 1 saturated carbocycles. The lowest BCUT2D eigenvalue weighted by atomic mass is 10.2. The molecule has 1 aromatic rings. The molecule has 5 heteroatoms. The summed E-state index contributed by atoms with van der Waals surface area (Å²) in [5.41, 5.74) is 2.95. The van der Waals surface area contributed by atoms with Crippen LogP contribution in [0.15, 0.2) is 12.1 Å². The molecule has 0 unspecified atom stereocenters. The molecule has 0 aliphatic heterocycles. The Morgan fingerprint density at radius 3 is 2.72 bits per heavy atom. The minimum absolute atomic E-state index is 0.234. The van der Waals surface area contributed by atoms with E-state index in [0.717, 1.165) is 18.4 Å². The SMILES string of the molecule is COc1cc(CNO)cc(Cl)c1OC1CCCC1. The maximum atomic E-state index is 8.71. The van der Waals surface area contributed by atoms with Crippen molar-refractivity contribution in [3.8, 4) is 11.5 Å². The van der Waals surface area contributed by atoms with E-state index in [0.29, 0.717) is 23.1 Å². The van der Waals surface area contributed by atoms with Crippen LogP contribution in [0.3, 0.4) is 0 Å². The number of nitrogens with one attached hydrogen (secondary N) is 1. The Morgan fingerprint density at radius 1 is 1.39 bits per heavy atom. The van der Waals surface area contributed by atoms with Crippen LogP contribution in [0.2, 0.25) is 5.02 Å². The number of hydrogen-bond acceptors (Lipinski definition) is 4. The van der Waals surface area contributed by atoms with Gasteiger partial charge in [0.05, 0.1) is 18.2 Å². The smallest absolute Gasteiger partial charge is 0.180 e. The van der Waals surface area contributed by atoms with Crippen LogP contribution in [-0.2, 0) is 6.54 Å². The van der Waals surface area contributed by atoms with Crippen molar-refractivity contribution in [3.63, 3.8) is 0 Å². The van der Waals surface area contributed by atoms with Crippen molar-refractivity contribution in [3.05, 3.63) is 22.7 Å². The lowest BCUT2D eigenvalue weighted by Crippen LogP contribution is -2.12. The third kappa shape index (κ3) is 3.07. The highest BCUT2D eigenvalue weighted by Crippen LogP contribution is 2.38. The number of hydrogen-bond donors (Lipinski definition) is 2. The molecule has 18 heavy (non-hydrogen) atoms. The van der Waals surface area contributed by atoms with E-state index in [2.05, 4.69) is 5.48 Å². The summed E-state index contributed by atoms with van der Waals surface area (Å²) in [6, 6.07) is 3.59. The zero-order valence-corrected chi connectivity index (χ0v) is 11.2. The van der Waals surface area contributed by atoms with Gasteiger partial charge in [0.1, 0.15) is 0 Å². The topological polar surface area (TPSA) is 50.7 Å². The molecule has 4 nitrogen and oxygen atoms in total.